The molecule has 1 aromatic carbocycles. The van der Waals surface area contributed by atoms with Crippen LogP contribution in [0, 0.1) is 0 Å². The molecular formula is C15H18O3S. The zero-order valence-electron chi connectivity index (χ0n) is 11.4. The van der Waals surface area contributed by atoms with Gasteiger partial charge in [-0.2, -0.15) is 0 Å². The molecule has 0 bridgehead atoms. The van der Waals surface area contributed by atoms with Crippen molar-refractivity contribution < 1.29 is 13.7 Å². The maximum absolute atomic E-state index is 12.6. The van der Waals surface area contributed by atoms with Gasteiger partial charge in [-0.25, -0.2) is 0 Å². The van der Waals surface area contributed by atoms with E-state index in [1.54, 1.807) is 0 Å². The van der Waals surface area contributed by atoms with E-state index in [0.717, 1.165) is 16.7 Å². The molecule has 0 aromatic heterocycles. The van der Waals surface area contributed by atoms with Crippen molar-refractivity contribution in [3.8, 4) is 0 Å². The van der Waals surface area contributed by atoms with E-state index >= 15 is 0 Å². The number of allylic oxidation sites excluding steroid dienone is 1. The summed E-state index contributed by atoms with van der Waals surface area (Å²) in [5.41, 5.74) is 3.00. The maximum Gasteiger partial charge on any atom is 0.329 e. The van der Waals surface area contributed by atoms with Gasteiger partial charge >= 0.3 is 5.97 Å². The van der Waals surface area contributed by atoms with Crippen LogP contribution in [0.15, 0.2) is 41.5 Å². The molecule has 0 unspecified atom stereocenters. The number of esters is 1. The quantitative estimate of drug-likeness (QED) is 0.617. The second-order valence-electron chi connectivity index (χ2n) is 4.91. The number of carbonyl (C=O) groups excluding carboxylic acids is 1. The van der Waals surface area contributed by atoms with Crippen LogP contribution in [-0.4, -0.2) is 23.0 Å². The Hall–Kier alpha value is -1.42. The minimum Gasteiger partial charge on any atom is -0.468 e. The van der Waals surface area contributed by atoms with Gasteiger partial charge in [0, 0.05) is 23.0 Å². The van der Waals surface area contributed by atoms with Crippen LogP contribution < -0.4 is 0 Å². The number of rotatable bonds is 2. The molecule has 0 saturated carbocycles. The highest BCUT2D eigenvalue weighted by molar-refractivity contribution is 7.87. The first kappa shape index (κ1) is 14.0. The number of hydrogen-bond acceptors (Lipinski definition) is 3. The minimum absolute atomic E-state index is 0.413. The Morgan fingerprint density at radius 1 is 1.21 bits per heavy atom. The predicted octanol–water partition coefficient (Wildman–Crippen LogP) is 2.54. The van der Waals surface area contributed by atoms with E-state index in [1.165, 1.54) is 7.11 Å². The monoisotopic (exact) mass is 278 g/mol. The molecule has 0 N–H and O–H groups in total. The summed E-state index contributed by atoms with van der Waals surface area (Å²) in [4.78, 5) is 12.3. The second-order valence-corrected chi connectivity index (χ2v) is 6.59. The first-order valence-corrected chi connectivity index (χ1v) is 7.52. The fraction of sp³-hybridized carbons (Fsp3) is 0.400. The van der Waals surface area contributed by atoms with Crippen LogP contribution in [0.3, 0.4) is 0 Å². The summed E-state index contributed by atoms with van der Waals surface area (Å²) in [7, 11) is 0.0512. The van der Waals surface area contributed by atoms with Gasteiger partial charge < -0.3 is 4.74 Å². The van der Waals surface area contributed by atoms with E-state index < -0.39 is 21.5 Å². The topological polar surface area (TPSA) is 43.4 Å². The third-order valence-corrected chi connectivity index (χ3v) is 5.75. The van der Waals surface area contributed by atoms with Crippen LogP contribution in [-0.2, 0) is 25.1 Å². The van der Waals surface area contributed by atoms with Crippen LogP contribution in [0.1, 0.15) is 25.8 Å². The highest BCUT2D eigenvalue weighted by Crippen LogP contribution is 2.41. The molecule has 0 aliphatic carbocycles. The van der Waals surface area contributed by atoms with Gasteiger partial charge in [0.15, 0.2) is 4.75 Å². The van der Waals surface area contributed by atoms with Gasteiger partial charge in [0.05, 0.1) is 7.11 Å². The molecule has 2 rings (SSSR count). The smallest absolute Gasteiger partial charge is 0.329 e. The molecular weight excluding hydrogens is 260 g/mol. The Kier molecular flexibility index (Phi) is 3.90. The Morgan fingerprint density at radius 2 is 1.84 bits per heavy atom. The molecule has 2 atom stereocenters. The van der Waals surface area contributed by atoms with Crippen LogP contribution in [0.2, 0.25) is 0 Å². The normalized spacial score (nSPS) is 27.2. The van der Waals surface area contributed by atoms with Gasteiger partial charge in [-0.1, -0.05) is 41.5 Å². The lowest BCUT2D eigenvalue weighted by atomic mass is 9.89. The fourth-order valence-electron chi connectivity index (χ4n) is 2.44. The molecule has 1 aliphatic rings. The lowest BCUT2D eigenvalue weighted by molar-refractivity contribution is -0.144. The van der Waals surface area contributed by atoms with Gasteiger partial charge in [0.2, 0.25) is 0 Å². The summed E-state index contributed by atoms with van der Waals surface area (Å²) in [6, 6.07) is 9.30. The molecule has 102 valence electrons. The number of carbonyl (C=O) groups is 1. The van der Waals surface area contributed by atoms with E-state index in [-0.39, 0.29) is 0 Å². The third kappa shape index (κ3) is 2.25. The molecule has 19 heavy (non-hydrogen) atoms. The summed E-state index contributed by atoms with van der Waals surface area (Å²) in [6.07, 6.45) is 0.460. The lowest BCUT2D eigenvalue weighted by Crippen LogP contribution is -2.45. The van der Waals surface area contributed by atoms with Crippen LogP contribution in [0.25, 0.3) is 0 Å². The summed E-state index contributed by atoms with van der Waals surface area (Å²) in [6.45, 7) is 3.96. The van der Waals surface area contributed by atoms with Gasteiger partial charge in [-0.05, 0) is 19.4 Å². The number of benzene rings is 1. The first-order chi connectivity index (χ1) is 9.02. The molecule has 3 nitrogen and oxygen atoms in total. The fourth-order valence-corrected chi connectivity index (χ4v) is 4.37. The van der Waals surface area contributed by atoms with Crippen LogP contribution in [0.5, 0.6) is 0 Å². The first-order valence-electron chi connectivity index (χ1n) is 6.20. The molecule has 1 aromatic rings. The van der Waals surface area contributed by atoms with Crippen molar-refractivity contribution in [1.29, 1.82) is 0 Å². The summed E-state index contributed by atoms with van der Waals surface area (Å²) in [5, 5.41) is 0. The van der Waals surface area contributed by atoms with Crippen molar-refractivity contribution >= 4 is 16.8 Å². The SMILES string of the molecule is COC(=O)[C@]1(c2ccccc2)CC(C)=C(C)C[S@@]1=O. The summed E-state index contributed by atoms with van der Waals surface area (Å²) in [5.74, 6) is 0.0133. The van der Waals surface area contributed by atoms with Crippen molar-refractivity contribution in [3.05, 3.63) is 47.0 Å². The maximum atomic E-state index is 12.6. The summed E-state index contributed by atoms with van der Waals surface area (Å²) >= 11 is 0. The van der Waals surface area contributed by atoms with Crippen molar-refractivity contribution in [3.63, 3.8) is 0 Å². The number of ether oxygens (including phenoxy) is 1. The van der Waals surface area contributed by atoms with Crippen LogP contribution >= 0.6 is 0 Å². The Morgan fingerprint density at radius 3 is 2.42 bits per heavy atom. The molecule has 0 radical (unpaired) electrons. The highest BCUT2D eigenvalue weighted by Gasteiger charge is 2.49. The van der Waals surface area contributed by atoms with Gasteiger partial charge in [-0.15, -0.1) is 0 Å². The van der Waals surface area contributed by atoms with E-state index in [0.29, 0.717) is 12.2 Å². The molecule has 1 heterocycles. The predicted molar refractivity (Wildman–Crippen MR) is 76.1 cm³/mol. The zero-order chi connectivity index (χ0) is 14.0. The highest BCUT2D eigenvalue weighted by atomic mass is 32.2. The molecule has 4 heteroatoms. The van der Waals surface area contributed by atoms with E-state index in [2.05, 4.69) is 0 Å². The average molecular weight is 278 g/mol. The van der Waals surface area contributed by atoms with Crippen molar-refractivity contribution in [2.75, 3.05) is 12.9 Å². The number of hydrogen-bond donors (Lipinski definition) is 0. The molecule has 0 amide bonds. The van der Waals surface area contributed by atoms with E-state index in [9.17, 15) is 9.00 Å². The average Bonchev–Trinajstić information content (AvgIpc) is 2.43. The van der Waals surface area contributed by atoms with Crippen molar-refractivity contribution in [2.24, 2.45) is 0 Å². The summed E-state index contributed by atoms with van der Waals surface area (Å²) < 4.78 is 16.5. The third-order valence-electron chi connectivity index (χ3n) is 3.73. The standard InChI is InChI=1S/C15H18O3S/c1-11-9-15(14(16)18-3,19(17)10-12(11)2)13-7-5-4-6-8-13/h4-8H,9-10H2,1-3H3/t15-,19+/m1/s1. The van der Waals surface area contributed by atoms with Crippen molar-refractivity contribution in [1.82, 2.24) is 0 Å². The lowest BCUT2D eigenvalue weighted by Gasteiger charge is -2.35. The zero-order valence-corrected chi connectivity index (χ0v) is 12.3. The van der Waals surface area contributed by atoms with E-state index in [1.807, 2.05) is 44.2 Å². The Bertz CT molecular complexity index is 548. The second kappa shape index (κ2) is 5.29. The Balaban J connectivity index is 2.61. The van der Waals surface area contributed by atoms with Crippen LogP contribution in [0.4, 0.5) is 0 Å². The number of methoxy groups -OCH3 is 1. The van der Waals surface area contributed by atoms with Gasteiger partial charge in [0.1, 0.15) is 0 Å². The van der Waals surface area contributed by atoms with Crippen molar-refractivity contribution in [2.45, 2.75) is 25.0 Å². The minimum atomic E-state index is -1.30. The van der Waals surface area contributed by atoms with E-state index in [4.69, 9.17) is 4.74 Å². The largest absolute Gasteiger partial charge is 0.468 e. The molecule has 1 aliphatic heterocycles. The molecule has 0 saturated heterocycles. The molecule has 0 spiro atoms. The van der Waals surface area contributed by atoms with Gasteiger partial charge in [-0.3, -0.25) is 9.00 Å². The van der Waals surface area contributed by atoms with Gasteiger partial charge in [0.25, 0.3) is 0 Å². The molecule has 0 fully saturated rings. The Labute approximate surface area is 116 Å².